The number of rotatable bonds is 3. The van der Waals surface area contributed by atoms with Crippen LogP contribution in [-0.2, 0) is 11.3 Å². The highest BCUT2D eigenvalue weighted by molar-refractivity contribution is 6.31. The lowest BCUT2D eigenvalue weighted by Gasteiger charge is -2.30. The number of nitrogens with two attached hydrogens (primary N) is 1. The summed E-state index contributed by atoms with van der Waals surface area (Å²) in [7, 11) is 0. The summed E-state index contributed by atoms with van der Waals surface area (Å²) in [5, 5.41) is 3.04. The Morgan fingerprint density at radius 2 is 2.24 bits per heavy atom. The molecule has 0 bridgehead atoms. The van der Waals surface area contributed by atoms with Crippen molar-refractivity contribution < 1.29 is 14.0 Å². The van der Waals surface area contributed by atoms with Crippen LogP contribution in [0.2, 0.25) is 5.02 Å². The van der Waals surface area contributed by atoms with Crippen molar-refractivity contribution in [3.63, 3.8) is 0 Å². The van der Waals surface area contributed by atoms with E-state index in [9.17, 15) is 14.0 Å². The fourth-order valence-corrected chi connectivity index (χ4v) is 2.62. The Bertz CT molecular complexity index is 553. The second kappa shape index (κ2) is 6.76. The van der Waals surface area contributed by atoms with Gasteiger partial charge in [-0.2, -0.15) is 0 Å². The minimum absolute atomic E-state index is 0.152. The molecule has 0 spiro atoms. The first-order valence-electron chi connectivity index (χ1n) is 6.73. The molecule has 1 saturated heterocycles. The summed E-state index contributed by atoms with van der Waals surface area (Å²) in [4.78, 5) is 24.7. The molecule has 0 aliphatic carbocycles. The first-order valence-corrected chi connectivity index (χ1v) is 7.11. The van der Waals surface area contributed by atoms with Crippen LogP contribution in [0.5, 0.6) is 0 Å². The smallest absolute Gasteiger partial charge is 0.314 e. The average molecular weight is 314 g/mol. The fraction of sp³-hybridized carbons (Fsp3) is 0.429. The number of nitrogens with zero attached hydrogens (tertiary/aromatic N) is 1. The number of halogens is 2. The van der Waals surface area contributed by atoms with Gasteiger partial charge in [-0.1, -0.05) is 17.7 Å². The van der Waals surface area contributed by atoms with Gasteiger partial charge in [0.05, 0.1) is 5.92 Å². The minimum Gasteiger partial charge on any atom is -0.352 e. The van der Waals surface area contributed by atoms with Crippen LogP contribution in [0.3, 0.4) is 0 Å². The summed E-state index contributed by atoms with van der Waals surface area (Å²) in [6, 6.07) is 3.53. The molecule has 5 nitrogen and oxygen atoms in total. The molecule has 21 heavy (non-hydrogen) atoms. The number of nitrogens with one attached hydrogen (secondary N) is 1. The van der Waals surface area contributed by atoms with E-state index in [1.807, 2.05) is 0 Å². The summed E-state index contributed by atoms with van der Waals surface area (Å²) in [5.41, 5.74) is 5.88. The predicted octanol–water partition coefficient (Wildman–Crippen LogP) is 1.89. The number of piperidine rings is 1. The highest BCUT2D eigenvalue weighted by atomic mass is 35.5. The van der Waals surface area contributed by atoms with Crippen LogP contribution in [0.15, 0.2) is 18.2 Å². The molecule has 0 aromatic heterocycles. The molecule has 1 aromatic carbocycles. The first kappa shape index (κ1) is 15.6. The summed E-state index contributed by atoms with van der Waals surface area (Å²) >= 11 is 5.90. The number of likely N-dealkylation sites (tertiary alicyclic amines) is 1. The number of carbonyl (C=O) groups is 2. The molecule has 114 valence electrons. The topological polar surface area (TPSA) is 75.4 Å². The fourth-order valence-electron chi connectivity index (χ4n) is 2.38. The Balaban J connectivity index is 1.90. The average Bonchev–Trinajstić information content (AvgIpc) is 2.46. The van der Waals surface area contributed by atoms with Gasteiger partial charge in [-0.3, -0.25) is 4.79 Å². The van der Waals surface area contributed by atoms with Crippen LogP contribution in [0.25, 0.3) is 0 Å². The third-order valence-electron chi connectivity index (χ3n) is 3.57. The van der Waals surface area contributed by atoms with Crippen molar-refractivity contribution in [1.29, 1.82) is 0 Å². The van der Waals surface area contributed by atoms with Crippen LogP contribution >= 0.6 is 11.6 Å². The van der Waals surface area contributed by atoms with Gasteiger partial charge in [0.1, 0.15) is 5.82 Å². The summed E-state index contributed by atoms with van der Waals surface area (Å²) in [5.74, 6) is -0.841. The molecule has 0 radical (unpaired) electrons. The maximum atomic E-state index is 12.9. The molecule has 0 saturated carbocycles. The zero-order valence-electron chi connectivity index (χ0n) is 11.4. The molecule has 0 unspecified atom stereocenters. The number of amides is 3. The minimum atomic E-state index is -0.505. The molecule has 3 amide bonds. The van der Waals surface area contributed by atoms with Gasteiger partial charge in [0, 0.05) is 24.7 Å². The van der Waals surface area contributed by atoms with Crippen molar-refractivity contribution >= 4 is 23.5 Å². The highest BCUT2D eigenvalue weighted by Crippen LogP contribution is 2.19. The summed E-state index contributed by atoms with van der Waals surface area (Å²) in [6.07, 6.45) is 1.46. The number of urea groups is 1. The van der Waals surface area contributed by atoms with Crippen LogP contribution in [0.1, 0.15) is 18.4 Å². The standard InChI is InChI=1S/C14H17ClFN3O2/c15-12-6-11(16)4-3-9(12)7-18-13(20)10-2-1-5-19(8-10)14(17)21/h3-4,6,10H,1-2,5,7-8H2,(H2,17,21)(H,18,20)/t10-/m1/s1. The van der Waals surface area contributed by atoms with E-state index in [-0.39, 0.29) is 23.4 Å². The van der Waals surface area contributed by atoms with Crippen molar-refractivity contribution in [2.24, 2.45) is 11.7 Å². The first-order chi connectivity index (χ1) is 9.97. The molecule has 1 fully saturated rings. The zero-order chi connectivity index (χ0) is 15.4. The van der Waals surface area contributed by atoms with Gasteiger partial charge in [-0.15, -0.1) is 0 Å². The third kappa shape index (κ3) is 4.07. The van der Waals surface area contributed by atoms with E-state index in [1.165, 1.54) is 23.1 Å². The largest absolute Gasteiger partial charge is 0.352 e. The molecule has 1 aliphatic rings. The monoisotopic (exact) mass is 313 g/mol. The van der Waals surface area contributed by atoms with Crippen LogP contribution < -0.4 is 11.1 Å². The predicted molar refractivity (Wildman–Crippen MR) is 77.1 cm³/mol. The molecular weight excluding hydrogens is 297 g/mol. The van der Waals surface area contributed by atoms with Gasteiger partial charge in [-0.05, 0) is 30.5 Å². The molecule has 1 atom stereocenters. The molecule has 1 aliphatic heterocycles. The van der Waals surface area contributed by atoms with E-state index in [4.69, 9.17) is 17.3 Å². The van der Waals surface area contributed by atoms with E-state index in [0.717, 1.165) is 6.42 Å². The van der Waals surface area contributed by atoms with Crippen molar-refractivity contribution in [3.8, 4) is 0 Å². The molecule has 3 N–H and O–H groups in total. The van der Waals surface area contributed by atoms with Gasteiger partial charge in [0.15, 0.2) is 0 Å². The lowest BCUT2D eigenvalue weighted by atomic mass is 9.97. The second-order valence-electron chi connectivity index (χ2n) is 5.08. The van der Waals surface area contributed by atoms with Crippen LogP contribution in [0, 0.1) is 11.7 Å². The van der Waals surface area contributed by atoms with Crippen molar-refractivity contribution in [1.82, 2.24) is 10.2 Å². The molecule has 2 rings (SSSR count). The van der Waals surface area contributed by atoms with E-state index in [2.05, 4.69) is 5.32 Å². The number of primary amides is 1. The Morgan fingerprint density at radius 1 is 1.48 bits per heavy atom. The lowest BCUT2D eigenvalue weighted by molar-refractivity contribution is -0.126. The zero-order valence-corrected chi connectivity index (χ0v) is 12.2. The van der Waals surface area contributed by atoms with Gasteiger partial charge < -0.3 is 16.0 Å². The van der Waals surface area contributed by atoms with Crippen LogP contribution in [0.4, 0.5) is 9.18 Å². The normalized spacial score (nSPS) is 18.4. The summed E-state index contributed by atoms with van der Waals surface area (Å²) in [6.45, 7) is 1.15. The van der Waals surface area contributed by atoms with E-state index in [1.54, 1.807) is 0 Å². The van der Waals surface area contributed by atoms with E-state index < -0.39 is 11.8 Å². The van der Waals surface area contributed by atoms with Gasteiger partial charge in [-0.25, -0.2) is 9.18 Å². The second-order valence-corrected chi connectivity index (χ2v) is 5.48. The van der Waals surface area contributed by atoms with Gasteiger partial charge in [0.25, 0.3) is 0 Å². The van der Waals surface area contributed by atoms with Crippen molar-refractivity contribution in [3.05, 3.63) is 34.6 Å². The maximum Gasteiger partial charge on any atom is 0.314 e. The molecule has 1 aromatic rings. The quantitative estimate of drug-likeness (QED) is 0.894. The Kier molecular flexibility index (Phi) is 5.01. The molecular formula is C14H17ClFN3O2. The Labute approximate surface area is 127 Å². The highest BCUT2D eigenvalue weighted by Gasteiger charge is 2.27. The van der Waals surface area contributed by atoms with Crippen LogP contribution in [-0.4, -0.2) is 29.9 Å². The SMILES string of the molecule is NC(=O)N1CCC[C@@H](C(=O)NCc2ccc(F)cc2Cl)C1. The number of hydrogen-bond donors (Lipinski definition) is 2. The Hall–Kier alpha value is -1.82. The maximum absolute atomic E-state index is 12.9. The summed E-state index contributed by atoms with van der Waals surface area (Å²) < 4.78 is 12.9. The number of benzene rings is 1. The van der Waals surface area contributed by atoms with Gasteiger partial charge in [0.2, 0.25) is 5.91 Å². The van der Waals surface area contributed by atoms with Gasteiger partial charge >= 0.3 is 6.03 Å². The third-order valence-corrected chi connectivity index (χ3v) is 3.92. The molecule has 7 heteroatoms. The Morgan fingerprint density at radius 3 is 2.90 bits per heavy atom. The van der Waals surface area contributed by atoms with Crippen molar-refractivity contribution in [2.75, 3.05) is 13.1 Å². The lowest BCUT2D eigenvalue weighted by Crippen LogP contribution is -2.47. The number of hydrogen-bond acceptors (Lipinski definition) is 2. The van der Waals surface area contributed by atoms with Crippen molar-refractivity contribution in [2.45, 2.75) is 19.4 Å². The molecule has 1 heterocycles. The number of carbonyl (C=O) groups excluding carboxylic acids is 2. The van der Waals surface area contributed by atoms with E-state index in [0.29, 0.717) is 25.1 Å². The van der Waals surface area contributed by atoms with E-state index >= 15 is 0 Å².